The first-order valence-corrected chi connectivity index (χ1v) is 5.21. The lowest BCUT2D eigenvalue weighted by Gasteiger charge is -2.06. The molecule has 16 heavy (non-hydrogen) atoms. The number of nitrogens with two attached hydrogens (primary N) is 1. The van der Waals surface area contributed by atoms with Gasteiger partial charge in [-0.2, -0.15) is 0 Å². The molecule has 1 heterocycles. The smallest absolute Gasteiger partial charge is 0.251 e. The first-order chi connectivity index (χ1) is 7.67. The molecule has 0 atom stereocenters. The molecule has 0 aliphatic carbocycles. The minimum Gasteiger partial charge on any atom is -0.384 e. The Morgan fingerprint density at radius 3 is 2.94 bits per heavy atom. The van der Waals surface area contributed by atoms with E-state index in [0.717, 1.165) is 12.1 Å². The van der Waals surface area contributed by atoms with Crippen molar-refractivity contribution < 1.29 is 9.53 Å². The number of nitrogens with zero attached hydrogens (tertiary/aromatic N) is 1. The van der Waals surface area contributed by atoms with Gasteiger partial charge in [-0.1, -0.05) is 6.92 Å². The largest absolute Gasteiger partial charge is 0.384 e. The molecule has 0 unspecified atom stereocenters. The van der Waals surface area contributed by atoms with Gasteiger partial charge in [0.2, 0.25) is 0 Å². The zero-order chi connectivity index (χ0) is 12.0. The third-order valence-electron chi connectivity index (χ3n) is 2.11. The van der Waals surface area contributed by atoms with Crippen molar-refractivity contribution in [1.82, 2.24) is 10.3 Å². The van der Waals surface area contributed by atoms with E-state index in [1.807, 2.05) is 6.92 Å². The summed E-state index contributed by atoms with van der Waals surface area (Å²) >= 11 is 0. The Morgan fingerprint density at radius 1 is 1.56 bits per heavy atom. The molecule has 1 aromatic heterocycles. The molecule has 0 saturated heterocycles. The Labute approximate surface area is 95.0 Å². The van der Waals surface area contributed by atoms with Crippen LogP contribution in [0.3, 0.4) is 0 Å². The molecule has 0 saturated carbocycles. The van der Waals surface area contributed by atoms with E-state index >= 15 is 0 Å². The number of methoxy groups -OCH3 is 1. The van der Waals surface area contributed by atoms with Crippen LogP contribution in [0.15, 0.2) is 12.1 Å². The number of carbonyl (C=O) groups is 1. The molecule has 1 rings (SSSR count). The monoisotopic (exact) mass is 223 g/mol. The minimum atomic E-state index is -0.152. The Kier molecular flexibility index (Phi) is 4.72. The van der Waals surface area contributed by atoms with E-state index in [4.69, 9.17) is 10.5 Å². The number of rotatable bonds is 5. The van der Waals surface area contributed by atoms with Crippen molar-refractivity contribution in [3.05, 3.63) is 23.4 Å². The molecule has 0 aliphatic heterocycles. The molecule has 88 valence electrons. The van der Waals surface area contributed by atoms with E-state index in [-0.39, 0.29) is 5.91 Å². The highest BCUT2D eigenvalue weighted by Gasteiger charge is 2.07. The average Bonchev–Trinajstić information content (AvgIpc) is 2.28. The van der Waals surface area contributed by atoms with Crippen LogP contribution in [0.1, 0.15) is 23.0 Å². The molecule has 5 nitrogen and oxygen atoms in total. The summed E-state index contributed by atoms with van der Waals surface area (Å²) in [5.74, 6) is 0.220. The zero-order valence-electron chi connectivity index (χ0n) is 9.62. The molecule has 5 heteroatoms. The number of nitrogen functional groups attached to an aromatic ring is 1. The molecular weight excluding hydrogens is 206 g/mol. The lowest BCUT2D eigenvalue weighted by molar-refractivity contribution is 0.0937. The van der Waals surface area contributed by atoms with Crippen molar-refractivity contribution in [2.24, 2.45) is 0 Å². The predicted molar refractivity (Wildman–Crippen MR) is 62.2 cm³/mol. The number of aryl methyl sites for hydroxylation is 1. The Morgan fingerprint density at radius 2 is 2.31 bits per heavy atom. The predicted octanol–water partition coefficient (Wildman–Crippen LogP) is 0.602. The second-order valence-corrected chi connectivity index (χ2v) is 3.37. The summed E-state index contributed by atoms with van der Waals surface area (Å²) in [4.78, 5) is 15.8. The van der Waals surface area contributed by atoms with Gasteiger partial charge in [0.15, 0.2) is 0 Å². The van der Waals surface area contributed by atoms with Crippen molar-refractivity contribution in [2.45, 2.75) is 13.3 Å². The van der Waals surface area contributed by atoms with Crippen LogP contribution in [0.4, 0.5) is 5.82 Å². The molecule has 0 bridgehead atoms. The molecule has 0 aromatic carbocycles. The molecule has 0 aliphatic rings. The lowest BCUT2D eigenvalue weighted by Crippen LogP contribution is -2.27. The van der Waals surface area contributed by atoms with Gasteiger partial charge in [-0.15, -0.1) is 0 Å². The van der Waals surface area contributed by atoms with Gasteiger partial charge in [-0.05, 0) is 18.6 Å². The van der Waals surface area contributed by atoms with Crippen LogP contribution >= 0.6 is 0 Å². The van der Waals surface area contributed by atoms with Gasteiger partial charge >= 0.3 is 0 Å². The second-order valence-electron chi connectivity index (χ2n) is 3.37. The van der Waals surface area contributed by atoms with Gasteiger partial charge in [0.25, 0.3) is 5.91 Å². The molecule has 0 fully saturated rings. The summed E-state index contributed by atoms with van der Waals surface area (Å²) in [6.07, 6.45) is 0.753. The van der Waals surface area contributed by atoms with Crippen LogP contribution in [0.2, 0.25) is 0 Å². The maximum Gasteiger partial charge on any atom is 0.251 e. The average molecular weight is 223 g/mol. The summed E-state index contributed by atoms with van der Waals surface area (Å²) in [5, 5.41) is 2.73. The third-order valence-corrected chi connectivity index (χ3v) is 2.11. The Bertz CT molecular complexity index is 366. The van der Waals surface area contributed by atoms with Gasteiger partial charge in [-0.25, -0.2) is 4.98 Å². The van der Waals surface area contributed by atoms with E-state index in [1.54, 1.807) is 19.2 Å². The quantitative estimate of drug-likeness (QED) is 0.717. The minimum absolute atomic E-state index is 0.152. The number of ether oxygens (including phenoxy) is 1. The number of carbonyl (C=O) groups excluding carboxylic acids is 1. The lowest BCUT2D eigenvalue weighted by atomic mass is 10.2. The zero-order valence-corrected chi connectivity index (χ0v) is 9.62. The van der Waals surface area contributed by atoms with Gasteiger partial charge in [0.05, 0.1) is 6.61 Å². The van der Waals surface area contributed by atoms with Crippen molar-refractivity contribution in [3.63, 3.8) is 0 Å². The van der Waals surface area contributed by atoms with E-state index < -0.39 is 0 Å². The number of hydrogen-bond acceptors (Lipinski definition) is 4. The maximum absolute atomic E-state index is 11.7. The van der Waals surface area contributed by atoms with Crippen LogP contribution in [0.5, 0.6) is 0 Å². The number of hydrogen-bond donors (Lipinski definition) is 2. The first-order valence-electron chi connectivity index (χ1n) is 5.21. The van der Waals surface area contributed by atoms with Crippen molar-refractivity contribution in [2.75, 3.05) is 26.0 Å². The number of anilines is 1. The van der Waals surface area contributed by atoms with Gasteiger partial charge in [0.1, 0.15) is 5.82 Å². The van der Waals surface area contributed by atoms with E-state index in [2.05, 4.69) is 10.3 Å². The van der Waals surface area contributed by atoms with Gasteiger partial charge < -0.3 is 15.8 Å². The molecule has 1 amide bonds. The summed E-state index contributed by atoms with van der Waals surface area (Å²) in [5.41, 5.74) is 6.97. The van der Waals surface area contributed by atoms with Crippen molar-refractivity contribution in [3.8, 4) is 0 Å². The number of pyridine rings is 1. The number of nitrogens with one attached hydrogen (secondary N) is 1. The van der Waals surface area contributed by atoms with E-state index in [0.29, 0.717) is 24.5 Å². The highest BCUT2D eigenvalue weighted by atomic mass is 16.5. The van der Waals surface area contributed by atoms with Gasteiger partial charge in [-0.3, -0.25) is 4.79 Å². The normalized spacial score (nSPS) is 10.1. The standard InChI is InChI=1S/C11H17N3O2/c1-3-9-6-8(7-10(12)14-9)11(15)13-4-5-16-2/h6-7H,3-5H2,1-2H3,(H2,12,14)(H,13,15). The molecule has 3 N–H and O–H groups in total. The van der Waals surface area contributed by atoms with Crippen LogP contribution in [0.25, 0.3) is 0 Å². The second kappa shape index (κ2) is 6.07. The summed E-state index contributed by atoms with van der Waals surface area (Å²) < 4.78 is 4.84. The summed E-state index contributed by atoms with van der Waals surface area (Å²) in [6.45, 7) is 2.94. The van der Waals surface area contributed by atoms with Crippen molar-refractivity contribution >= 4 is 11.7 Å². The first kappa shape index (κ1) is 12.4. The summed E-state index contributed by atoms with van der Waals surface area (Å²) in [7, 11) is 1.59. The van der Waals surface area contributed by atoms with Gasteiger partial charge in [0, 0.05) is 24.9 Å². The highest BCUT2D eigenvalue weighted by molar-refractivity contribution is 5.94. The van der Waals surface area contributed by atoms with Crippen LogP contribution in [-0.2, 0) is 11.2 Å². The SMILES string of the molecule is CCc1cc(C(=O)NCCOC)cc(N)n1. The fourth-order valence-corrected chi connectivity index (χ4v) is 1.29. The van der Waals surface area contributed by atoms with E-state index in [1.165, 1.54) is 0 Å². The van der Waals surface area contributed by atoms with E-state index in [9.17, 15) is 4.79 Å². The fraction of sp³-hybridized carbons (Fsp3) is 0.455. The molecule has 0 radical (unpaired) electrons. The Hall–Kier alpha value is -1.62. The van der Waals surface area contributed by atoms with Crippen molar-refractivity contribution in [1.29, 1.82) is 0 Å². The third kappa shape index (κ3) is 3.51. The molecule has 0 spiro atoms. The van der Waals surface area contributed by atoms with Crippen LogP contribution in [-0.4, -0.2) is 31.2 Å². The number of aromatic nitrogens is 1. The van der Waals surface area contributed by atoms with Crippen LogP contribution < -0.4 is 11.1 Å². The molecular formula is C11H17N3O2. The highest BCUT2D eigenvalue weighted by Crippen LogP contribution is 2.08. The Balaban J connectivity index is 2.71. The molecule has 1 aromatic rings. The fourth-order valence-electron chi connectivity index (χ4n) is 1.29. The maximum atomic E-state index is 11.7. The number of amides is 1. The van der Waals surface area contributed by atoms with Crippen LogP contribution in [0, 0.1) is 0 Å². The topological polar surface area (TPSA) is 77.2 Å². The summed E-state index contributed by atoms with van der Waals surface area (Å²) in [6, 6.07) is 3.32.